The minimum Gasteiger partial charge on any atom is -0.303 e. The summed E-state index contributed by atoms with van der Waals surface area (Å²) in [5.41, 5.74) is 2.98. The Bertz CT molecular complexity index is 555. The van der Waals surface area contributed by atoms with Crippen molar-refractivity contribution in [3.8, 4) is 0 Å². The fourth-order valence-corrected chi connectivity index (χ4v) is 3.69. The first-order valence-electron chi connectivity index (χ1n) is 9.12. The van der Waals surface area contributed by atoms with Crippen molar-refractivity contribution in [2.24, 2.45) is 5.92 Å². The van der Waals surface area contributed by atoms with E-state index in [4.69, 9.17) is 0 Å². The fraction of sp³-hybridized carbons (Fsp3) is 0.455. The Labute approximate surface area is 141 Å². The zero-order valence-electron chi connectivity index (χ0n) is 14.3. The molecule has 1 aliphatic rings. The molecule has 1 saturated heterocycles. The highest BCUT2D eigenvalue weighted by atomic mass is 15.1. The quantitative estimate of drug-likeness (QED) is 0.714. The predicted molar refractivity (Wildman–Crippen MR) is 98.8 cm³/mol. The Morgan fingerprint density at radius 2 is 1.52 bits per heavy atom. The Morgan fingerprint density at radius 3 is 2.17 bits per heavy atom. The Morgan fingerprint density at radius 1 is 0.913 bits per heavy atom. The number of hydrogen-bond acceptors (Lipinski definition) is 1. The van der Waals surface area contributed by atoms with Gasteiger partial charge in [0, 0.05) is 0 Å². The number of benzene rings is 2. The molecule has 2 aromatic carbocycles. The largest absolute Gasteiger partial charge is 0.303 e. The van der Waals surface area contributed by atoms with Crippen molar-refractivity contribution < 1.29 is 0 Å². The molecule has 0 N–H and O–H groups in total. The van der Waals surface area contributed by atoms with Crippen LogP contribution in [0.2, 0.25) is 0 Å². The monoisotopic (exact) mass is 307 g/mol. The van der Waals surface area contributed by atoms with E-state index in [1.165, 1.54) is 56.4 Å². The van der Waals surface area contributed by atoms with Gasteiger partial charge in [-0.2, -0.15) is 0 Å². The van der Waals surface area contributed by atoms with Gasteiger partial charge in [0.05, 0.1) is 0 Å². The van der Waals surface area contributed by atoms with Gasteiger partial charge in [0.15, 0.2) is 0 Å². The smallest absolute Gasteiger partial charge is 0.00130 e. The number of likely N-dealkylation sites (tertiary alicyclic amines) is 1. The normalized spacial score (nSPS) is 18.0. The molecule has 3 rings (SSSR count). The van der Waals surface area contributed by atoms with Crippen LogP contribution in [0.15, 0.2) is 60.7 Å². The second-order valence-corrected chi connectivity index (χ2v) is 7.08. The van der Waals surface area contributed by atoms with Gasteiger partial charge in [-0.25, -0.2) is 0 Å². The molecule has 0 aromatic heterocycles. The number of piperidine rings is 1. The molecular formula is C22H29N. The first kappa shape index (κ1) is 16.3. The zero-order chi connectivity index (χ0) is 15.9. The third-order valence-electron chi connectivity index (χ3n) is 5.32. The lowest BCUT2D eigenvalue weighted by Gasteiger charge is -2.32. The molecular weight excluding hydrogens is 278 g/mol. The van der Waals surface area contributed by atoms with Gasteiger partial charge in [0.25, 0.3) is 0 Å². The maximum Gasteiger partial charge on any atom is -0.00130 e. The molecule has 0 bridgehead atoms. The van der Waals surface area contributed by atoms with E-state index in [2.05, 4.69) is 72.5 Å². The highest BCUT2D eigenvalue weighted by molar-refractivity contribution is 5.18. The molecule has 1 fully saturated rings. The molecule has 0 unspecified atom stereocenters. The molecule has 1 heterocycles. The van der Waals surface area contributed by atoms with Crippen molar-refractivity contribution in [1.29, 1.82) is 0 Å². The summed E-state index contributed by atoms with van der Waals surface area (Å²) < 4.78 is 0. The minimum absolute atomic E-state index is 0.665. The van der Waals surface area contributed by atoms with Gasteiger partial charge in [-0.3, -0.25) is 0 Å². The molecule has 0 amide bonds. The van der Waals surface area contributed by atoms with Crippen LogP contribution in [0.4, 0.5) is 0 Å². The predicted octanol–water partition coefficient (Wildman–Crippen LogP) is 5.13. The fourth-order valence-electron chi connectivity index (χ4n) is 3.69. The first-order valence-corrected chi connectivity index (χ1v) is 9.12. The third-order valence-corrected chi connectivity index (χ3v) is 5.32. The molecule has 1 aliphatic heterocycles. The minimum atomic E-state index is 0.665. The highest BCUT2D eigenvalue weighted by Gasteiger charge is 2.19. The van der Waals surface area contributed by atoms with Crippen LogP contribution >= 0.6 is 0 Å². The van der Waals surface area contributed by atoms with Crippen LogP contribution in [0.25, 0.3) is 0 Å². The third kappa shape index (κ3) is 4.94. The molecule has 0 radical (unpaired) electrons. The topological polar surface area (TPSA) is 3.24 Å². The molecule has 23 heavy (non-hydrogen) atoms. The van der Waals surface area contributed by atoms with Crippen molar-refractivity contribution in [1.82, 2.24) is 4.90 Å². The van der Waals surface area contributed by atoms with E-state index in [0.29, 0.717) is 5.92 Å². The summed E-state index contributed by atoms with van der Waals surface area (Å²) in [6, 6.07) is 21.9. The van der Waals surface area contributed by atoms with Crippen molar-refractivity contribution in [2.75, 3.05) is 19.6 Å². The van der Waals surface area contributed by atoms with E-state index >= 15 is 0 Å². The Kier molecular flexibility index (Phi) is 5.87. The van der Waals surface area contributed by atoms with Gasteiger partial charge >= 0.3 is 0 Å². The average Bonchev–Trinajstić information content (AvgIpc) is 2.62. The first-order chi connectivity index (χ1) is 11.3. The van der Waals surface area contributed by atoms with E-state index in [1.54, 1.807) is 0 Å². The molecule has 1 heteroatoms. The standard InChI is InChI=1S/C22H29N/c1-19(22-10-6-3-7-11-22)12-15-23-16-13-21(14-17-23)18-20-8-4-2-5-9-20/h2-11,19,21H,12-18H2,1H3/t19-/m0/s1. The maximum atomic E-state index is 2.67. The molecule has 1 nitrogen and oxygen atoms in total. The van der Waals surface area contributed by atoms with E-state index in [1.807, 2.05) is 0 Å². The van der Waals surface area contributed by atoms with E-state index in [-0.39, 0.29) is 0 Å². The molecule has 1 atom stereocenters. The second kappa shape index (κ2) is 8.31. The van der Waals surface area contributed by atoms with E-state index in [0.717, 1.165) is 5.92 Å². The summed E-state index contributed by atoms with van der Waals surface area (Å²) in [6.07, 6.45) is 5.24. The van der Waals surface area contributed by atoms with E-state index in [9.17, 15) is 0 Å². The van der Waals surface area contributed by atoms with Crippen LogP contribution in [-0.4, -0.2) is 24.5 Å². The summed E-state index contributed by atoms with van der Waals surface area (Å²) in [4.78, 5) is 2.67. The SMILES string of the molecule is C[C@@H](CCN1CCC(Cc2ccccc2)CC1)c1ccccc1. The van der Waals surface area contributed by atoms with Gasteiger partial charge in [-0.1, -0.05) is 67.6 Å². The lowest BCUT2D eigenvalue weighted by atomic mass is 9.89. The summed E-state index contributed by atoms with van der Waals surface area (Å²) in [5, 5.41) is 0. The van der Waals surface area contributed by atoms with Crippen molar-refractivity contribution in [3.63, 3.8) is 0 Å². The van der Waals surface area contributed by atoms with Crippen LogP contribution in [0, 0.1) is 5.92 Å². The van der Waals surface area contributed by atoms with Crippen LogP contribution in [0.1, 0.15) is 43.2 Å². The van der Waals surface area contributed by atoms with Gasteiger partial charge in [0.1, 0.15) is 0 Å². The molecule has 0 saturated carbocycles. The van der Waals surface area contributed by atoms with Crippen LogP contribution < -0.4 is 0 Å². The lowest BCUT2D eigenvalue weighted by Crippen LogP contribution is -2.35. The Hall–Kier alpha value is -1.60. The Balaban J connectivity index is 1.39. The zero-order valence-corrected chi connectivity index (χ0v) is 14.3. The van der Waals surface area contributed by atoms with Gasteiger partial charge in [0.2, 0.25) is 0 Å². The van der Waals surface area contributed by atoms with Crippen LogP contribution in [-0.2, 0) is 6.42 Å². The molecule has 0 aliphatic carbocycles. The highest BCUT2D eigenvalue weighted by Crippen LogP contribution is 2.24. The summed E-state index contributed by atoms with van der Waals surface area (Å²) in [6.45, 7) is 6.16. The molecule has 0 spiro atoms. The van der Waals surface area contributed by atoms with Crippen LogP contribution in [0.5, 0.6) is 0 Å². The maximum absolute atomic E-state index is 2.67. The van der Waals surface area contributed by atoms with Crippen molar-refractivity contribution in [3.05, 3.63) is 71.8 Å². The van der Waals surface area contributed by atoms with Gasteiger partial charge in [-0.15, -0.1) is 0 Å². The summed E-state index contributed by atoms with van der Waals surface area (Å²) in [5.74, 6) is 1.54. The number of rotatable bonds is 6. The van der Waals surface area contributed by atoms with Crippen molar-refractivity contribution in [2.45, 2.75) is 38.5 Å². The van der Waals surface area contributed by atoms with Gasteiger partial charge < -0.3 is 4.90 Å². The van der Waals surface area contributed by atoms with Gasteiger partial charge in [-0.05, 0) is 68.3 Å². The summed E-state index contributed by atoms with van der Waals surface area (Å²) >= 11 is 0. The number of hydrogen-bond donors (Lipinski definition) is 0. The van der Waals surface area contributed by atoms with E-state index < -0.39 is 0 Å². The summed E-state index contributed by atoms with van der Waals surface area (Å²) in [7, 11) is 0. The molecule has 122 valence electrons. The average molecular weight is 307 g/mol. The lowest BCUT2D eigenvalue weighted by molar-refractivity contribution is 0.179. The second-order valence-electron chi connectivity index (χ2n) is 7.08. The van der Waals surface area contributed by atoms with Crippen LogP contribution in [0.3, 0.4) is 0 Å². The van der Waals surface area contributed by atoms with Crippen molar-refractivity contribution >= 4 is 0 Å². The number of nitrogens with zero attached hydrogens (tertiary/aromatic N) is 1. The molecule has 2 aromatic rings.